The number of carbonyl (C=O) groups excluding carboxylic acids is 3. The monoisotopic (exact) mass is 333 g/mol. The quantitative estimate of drug-likeness (QED) is 0.797. The molecule has 0 bridgehead atoms. The van der Waals surface area contributed by atoms with Gasteiger partial charge < -0.3 is 9.64 Å². The Kier molecular flexibility index (Phi) is 5.78. The number of amides is 3. The molecule has 0 saturated heterocycles. The van der Waals surface area contributed by atoms with Crippen LogP contribution in [-0.4, -0.2) is 30.4 Å². The van der Waals surface area contributed by atoms with Crippen LogP contribution in [0.1, 0.15) is 33.6 Å². The van der Waals surface area contributed by atoms with Crippen molar-refractivity contribution in [2.45, 2.75) is 39.7 Å². The maximum Gasteiger partial charge on any atom is 0.267 e. The van der Waals surface area contributed by atoms with Crippen molar-refractivity contribution in [1.82, 2.24) is 10.9 Å². The number of hydrazine groups is 1. The molecule has 2 N–H and O–H groups in total. The number of rotatable bonds is 5. The molecule has 0 fully saturated rings. The van der Waals surface area contributed by atoms with E-state index in [-0.39, 0.29) is 36.6 Å². The van der Waals surface area contributed by atoms with Gasteiger partial charge in [-0.3, -0.25) is 25.2 Å². The van der Waals surface area contributed by atoms with Crippen molar-refractivity contribution < 1.29 is 19.1 Å². The first-order chi connectivity index (χ1) is 11.4. The number of anilines is 1. The largest absolute Gasteiger partial charge is 0.479 e. The van der Waals surface area contributed by atoms with Crippen LogP contribution >= 0.6 is 0 Å². The highest BCUT2D eigenvalue weighted by Gasteiger charge is 2.31. The van der Waals surface area contributed by atoms with E-state index in [0.717, 1.165) is 0 Å². The molecule has 24 heavy (non-hydrogen) atoms. The van der Waals surface area contributed by atoms with E-state index in [2.05, 4.69) is 10.9 Å². The number of hydrogen-bond donors (Lipinski definition) is 2. The summed E-state index contributed by atoms with van der Waals surface area (Å²) in [6.45, 7) is 5.74. The molecule has 3 amide bonds. The molecule has 0 aliphatic carbocycles. The molecule has 1 atom stereocenters. The zero-order valence-corrected chi connectivity index (χ0v) is 14.2. The van der Waals surface area contributed by atoms with E-state index < -0.39 is 6.10 Å². The highest BCUT2D eigenvalue weighted by molar-refractivity contribution is 6.00. The summed E-state index contributed by atoms with van der Waals surface area (Å²) in [7, 11) is 0. The van der Waals surface area contributed by atoms with Gasteiger partial charge >= 0.3 is 0 Å². The van der Waals surface area contributed by atoms with Crippen molar-refractivity contribution >= 4 is 23.4 Å². The van der Waals surface area contributed by atoms with Gasteiger partial charge in [0.2, 0.25) is 11.8 Å². The normalized spacial score (nSPS) is 16.4. The van der Waals surface area contributed by atoms with E-state index in [1.807, 2.05) is 26.0 Å². The molecule has 1 heterocycles. The first-order valence-electron chi connectivity index (χ1n) is 8.03. The van der Waals surface area contributed by atoms with E-state index in [9.17, 15) is 14.4 Å². The smallest absolute Gasteiger partial charge is 0.267 e. The molecule has 1 aliphatic rings. The molecule has 1 aliphatic heterocycles. The summed E-state index contributed by atoms with van der Waals surface area (Å²) in [4.78, 5) is 37.2. The number of benzene rings is 1. The Morgan fingerprint density at radius 3 is 2.58 bits per heavy atom. The lowest BCUT2D eigenvalue weighted by atomic mass is 10.1. The number of hydrogen-bond acceptors (Lipinski definition) is 4. The van der Waals surface area contributed by atoms with Crippen LogP contribution in [0.5, 0.6) is 5.75 Å². The van der Waals surface area contributed by atoms with Crippen LogP contribution in [0.2, 0.25) is 0 Å². The zero-order chi connectivity index (χ0) is 17.7. The van der Waals surface area contributed by atoms with Gasteiger partial charge in [-0.1, -0.05) is 26.0 Å². The number of fused-ring (bicyclic) bond motifs is 1. The maximum absolute atomic E-state index is 12.3. The van der Waals surface area contributed by atoms with Crippen LogP contribution in [0.15, 0.2) is 24.3 Å². The van der Waals surface area contributed by atoms with Gasteiger partial charge in [-0.2, -0.15) is 0 Å². The third-order valence-corrected chi connectivity index (χ3v) is 3.57. The summed E-state index contributed by atoms with van der Waals surface area (Å²) in [5, 5.41) is 0. The van der Waals surface area contributed by atoms with Gasteiger partial charge in [0, 0.05) is 19.4 Å². The van der Waals surface area contributed by atoms with Crippen molar-refractivity contribution in [3.8, 4) is 5.75 Å². The maximum atomic E-state index is 12.3. The minimum atomic E-state index is -0.589. The van der Waals surface area contributed by atoms with Crippen LogP contribution in [0.25, 0.3) is 0 Å². The lowest BCUT2D eigenvalue weighted by molar-refractivity contribution is -0.129. The molecule has 7 nitrogen and oxygen atoms in total. The van der Waals surface area contributed by atoms with Gasteiger partial charge in [0.05, 0.1) is 5.69 Å². The Balaban J connectivity index is 1.90. The Morgan fingerprint density at radius 2 is 1.88 bits per heavy atom. The van der Waals surface area contributed by atoms with E-state index in [1.54, 1.807) is 24.0 Å². The predicted octanol–water partition coefficient (Wildman–Crippen LogP) is 1.38. The fraction of sp³-hybridized carbons (Fsp3) is 0.471. The number of nitrogens with one attached hydrogen (secondary N) is 2. The SMILES string of the molecule is CC(C)CC(=O)NNC(=O)CCN1C(=O)C(C)Oc2ccccc21. The van der Waals surface area contributed by atoms with Gasteiger partial charge in [-0.25, -0.2) is 0 Å². The van der Waals surface area contributed by atoms with E-state index in [4.69, 9.17) is 4.74 Å². The predicted molar refractivity (Wildman–Crippen MR) is 89.2 cm³/mol. The third-order valence-electron chi connectivity index (χ3n) is 3.57. The Bertz CT molecular complexity index is 630. The molecule has 0 aromatic heterocycles. The molecule has 0 spiro atoms. The van der Waals surface area contributed by atoms with Crippen molar-refractivity contribution in [2.75, 3.05) is 11.4 Å². The summed E-state index contributed by atoms with van der Waals surface area (Å²) in [5.41, 5.74) is 5.39. The van der Waals surface area contributed by atoms with Crippen LogP contribution in [-0.2, 0) is 14.4 Å². The van der Waals surface area contributed by atoms with Gasteiger partial charge in [0.1, 0.15) is 5.75 Å². The molecule has 7 heteroatoms. The second-order valence-corrected chi connectivity index (χ2v) is 6.16. The minimum absolute atomic E-state index is 0.0781. The lowest BCUT2D eigenvalue weighted by Crippen LogP contribution is -2.47. The van der Waals surface area contributed by atoms with Crippen LogP contribution in [0, 0.1) is 5.92 Å². The average Bonchev–Trinajstić information content (AvgIpc) is 2.52. The molecule has 130 valence electrons. The Morgan fingerprint density at radius 1 is 1.21 bits per heavy atom. The zero-order valence-electron chi connectivity index (χ0n) is 14.2. The van der Waals surface area contributed by atoms with Gasteiger partial charge in [0.25, 0.3) is 5.91 Å². The molecule has 1 unspecified atom stereocenters. The number of para-hydroxylation sites is 2. The molecule has 0 radical (unpaired) electrons. The standard InChI is InChI=1S/C17H23N3O4/c1-11(2)10-16(22)19-18-15(21)8-9-20-13-6-4-5-7-14(13)24-12(3)17(20)23/h4-7,11-12H,8-10H2,1-3H3,(H,18,21)(H,19,22). The highest BCUT2D eigenvalue weighted by atomic mass is 16.5. The number of carbonyl (C=O) groups is 3. The van der Waals surface area contributed by atoms with Crippen molar-refractivity contribution in [2.24, 2.45) is 5.92 Å². The first-order valence-corrected chi connectivity index (χ1v) is 8.03. The van der Waals surface area contributed by atoms with Gasteiger partial charge in [-0.05, 0) is 25.0 Å². The highest BCUT2D eigenvalue weighted by Crippen LogP contribution is 2.33. The molecular weight excluding hydrogens is 310 g/mol. The lowest BCUT2D eigenvalue weighted by Gasteiger charge is -2.32. The average molecular weight is 333 g/mol. The minimum Gasteiger partial charge on any atom is -0.479 e. The summed E-state index contributed by atoms with van der Waals surface area (Å²) >= 11 is 0. The van der Waals surface area contributed by atoms with Gasteiger partial charge in [0.15, 0.2) is 6.10 Å². The molecule has 2 rings (SSSR count). The van der Waals surface area contributed by atoms with Crippen LogP contribution in [0.3, 0.4) is 0 Å². The number of ether oxygens (including phenoxy) is 1. The molecule has 1 aromatic rings. The van der Waals surface area contributed by atoms with Gasteiger partial charge in [-0.15, -0.1) is 0 Å². The Labute approximate surface area is 141 Å². The van der Waals surface area contributed by atoms with E-state index >= 15 is 0 Å². The molecule has 1 aromatic carbocycles. The topological polar surface area (TPSA) is 87.7 Å². The Hall–Kier alpha value is -2.57. The number of nitrogens with zero attached hydrogens (tertiary/aromatic N) is 1. The summed E-state index contributed by atoms with van der Waals surface area (Å²) in [6, 6.07) is 7.21. The van der Waals surface area contributed by atoms with Crippen molar-refractivity contribution in [1.29, 1.82) is 0 Å². The first kappa shape index (κ1) is 17.8. The van der Waals surface area contributed by atoms with E-state index in [1.165, 1.54) is 0 Å². The summed E-state index contributed by atoms with van der Waals surface area (Å²) in [5.74, 6) is 0.0581. The van der Waals surface area contributed by atoms with E-state index in [0.29, 0.717) is 17.9 Å². The second-order valence-electron chi connectivity index (χ2n) is 6.16. The van der Waals surface area contributed by atoms with Crippen LogP contribution < -0.4 is 20.5 Å². The third kappa shape index (κ3) is 4.47. The van der Waals surface area contributed by atoms with Crippen molar-refractivity contribution in [3.63, 3.8) is 0 Å². The molecular formula is C17H23N3O4. The van der Waals surface area contributed by atoms with Crippen molar-refractivity contribution in [3.05, 3.63) is 24.3 Å². The fourth-order valence-electron chi connectivity index (χ4n) is 2.43. The second kappa shape index (κ2) is 7.81. The molecule has 0 saturated carbocycles. The van der Waals surface area contributed by atoms with Crippen LogP contribution in [0.4, 0.5) is 5.69 Å². The summed E-state index contributed by atoms with van der Waals surface area (Å²) in [6.07, 6.45) is -0.171. The fourth-order valence-corrected chi connectivity index (χ4v) is 2.43. The summed E-state index contributed by atoms with van der Waals surface area (Å²) < 4.78 is 5.55.